The highest BCUT2D eigenvalue weighted by atomic mass is 16.5. The van der Waals surface area contributed by atoms with Crippen LogP contribution in [0.3, 0.4) is 0 Å². The molecule has 4 aliphatic rings. The number of rotatable bonds is 8. The average molecular weight is 508 g/mol. The van der Waals surface area contributed by atoms with Gasteiger partial charge >= 0.3 is 12.0 Å². The van der Waals surface area contributed by atoms with Crippen molar-refractivity contribution in [3.8, 4) is 0 Å². The van der Waals surface area contributed by atoms with Crippen molar-refractivity contribution < 1.29 is 23.9 Å². The van der Waals surface area contributed by atoms with Gasteiger partial charge < -0.3 is 4.74 Å². The number of fused-ring (bicyclic) bond motifs is 5. The van der Waals surface area contributed by atoms with Crippen LogP contribution in [0.1, 0.15) is 56.5 Å². The van der Waals surface area contributed by atoms with Crippen LogP contribution in [0.5, 0.6) is 0 Å². The van der Waals surface area contributed by atoms with Crippen LogP contribution < -0.4 is 5.43 Å². The minimum Gasteiger partial charge on any atom is -0.462 e. The molecule has 2 aliphatic carbocycles. The van der Waals surface area contributed by atoms with Crippen molar-refractivity contribution >= 4 is 29.7 Å². The first-order valence-corrected chi connectivity index (χ1v) is 13.0. The number of amidine groups is 1. The minimum absolute atomic E-state index is 0.0777. The quantitative estimate of drug-likeness (QED) is 0.251. The molecule has 37 heavy (non-hydrogen) atoms. The normalized spacial score (nSPS) is 26.4. The second-order valence-corrected chi connectivity index (χ2v) is 10.6. The van der Waals surface area contributed by atoms with Crippen LogP contribution in [0.4, 0.5) is 4.79 Å². The summed E-state index contributed by atoms with van der Waals surface area (Å²) < 4.78 is 5.40. The predicted molar refractivity (Wildman–Crippen MR) is 135 cm³/mol. The fourth-order valence-corrected chi connectivity index (χ4v) is 5.67. The molecule has 10 heteroatoms. The number of urea groups is 1. The van der Waals surface area contributed by atoms with E-state index in [2.05, 4.69) is 22.7 Å². The van der Waals surface area contributed by atoms with E-state index in [9.17, 15) is 19.2 Å². The van der Waals surface area contributed by atoms with Gasteiger partial charge in [-0.25, -0.2) is 19.6 Å². The number of hydrogen-bond acceptors (Lipinski definition) is 7. The summed E-state index contributed by atoms with van der Waals surface area (Å²) in [6.07, 6.45) is 5.45. The van der Waals surface area contributed by atoms with Gasteiger partial charge in [0.25, 0.3) is 0 Å². The second-order valence-electron chi connectivity index (χ2n) is 10.6. The molecule has 2 heterocycles. The Bertz CT molecular complexity index is 1140. The fraction of sp³-hybridized carbons (Fsp3) is 0.519. The topological polar surface area (TPSA) is 112 Å². The molecular formula is C27H33N5O5. The lowest BCUT2D eigenvalue weighted by atomic mass is 9.85. The Labute approximate surface area is 216 Å². The van der Waals surface area contributed by atoms with Crippen molar-refractivity contribution in [3.05, 3.63) is 47.5 Å². The Hall–Kier alpha value is -3.69. The smallest absolute Gasteiger partial charge is 0.359 e. The molecule has 2 fully saturated rings. The van der Waals surface area contributed by atoms with Crippen molar-refractivity contribution in [2.75, 3.05) is 13.2 Å². The number of esters is 1. The summed E-state index contributed by atoms with van der Waals surface area (Å²) in [6.45, 7) is 7.98. The van der Waals surface area contributed by atoms with Crippen LogP contribution in [-0.4, -0.2) is 69.8 Å². The van der Waals surface area contributed by atoms with Gasteiger partial charge in [0, 0.05) is 18.2 Å². The van der Waals surface area contributed by atoms with Gasteiger partial charge in [-0.15, -0.1) is 5.10 Å². The number of nitrogens with zero attached hydrogens (tertiary/aromatic N) is 4. The standard InChI is InChI=1S/C27H33N5O5/c1-15(2)31-27(36)32(16(3)4)29-23(28-31)17-6-8-18(9-7-17)26(35)37-13-5-12-30-24(33)21-19-10-11-20(14-19)22(21)25(30)34/h6-11,15-16,19-22H,5,12-14H2,1-4H3,(H,28,29). The molecule has 0 spiro atoms. The first-order valence-electron chi connectivity index (χ1n) is 13.0. The van der Waals surface area contributed by atoms with Crippen LogP contribution in [0.15, 0.2) is 41.5 Å². The van der Waals surface area contributed by atoms with Crippen LogP contribution in [0, 0.1) is 23.7 Å². The number of imide groups is 1. The number of hydrogen-bond donors (Lipinski definition) is 1. The van der Waals surface area contributed by atoms with E-state index in [0.29, 0.717) is 17.8 Å². The fourth-order valence-electron chi connectivity index (χ4n) is 5.67. The molecule has 2 bridgehead atoms. The second kappa shape index (κ2) is 9.64. The number of nitrogens with one attached hydrogen (secondary N) is 1. The summed E-state index contributed by atoms with van der Waals surface area (Å²) in [5.41, 5.74) is 4.16. The first-order chi connectivity index (χ1) is 17.7. The maximum atomic E-state index is 12.8. The van der Waals surface area contributed by atoms with E-state index in [0.717, 1.165) is 12.0 Å². The van der Waals surface area contributed by atoms with Gasteiger partial charge in [-0.2, -0.15) is 0 Å². The van der Waals surface area contributed by atoms with Gasteiger partial charge in [-0.1, -0.05) is 24.3 Å². The third-order valence-electron chi connectivity index (χ3n) is 7.56. The Morgan fingerprint density at radius 2 is 1.62 bits per heavy atom. The van der Waals surface area contributed by atoms with Crippen molar-refractivity contribution in [3.63, 3.8) is 0 Å². The third kappa shape index (κ3) is 4.38. The summed E-state index contributed by atoms with van der Waals surface area (Å²) in [5.74, 6) is -0.163. The van der Waals surface area contributed by atoms with Gasteiger partial charge in [-0.05, 0) is 64.5 Å². The molecule has 0 radical (unpaired) electrons. The third-order valence-corrected chi connectivity index (χ3v) is 7.56. The van der Waals surface area contributed by atoms with Crippen molar-refractivity contribution in [1.29, 1.82) is 0 Å². The summed E-state index contributed by atoms with van der Waals surface area (Å²) in [4.78, 5) is 52.1. The lowest BCUT2D eigenvalue weighted by molar-refractivity contribution is -0.140. The number of benzene rings is 1. The molecule has 10 nitrogen and oxygen atoms in total. The first kappa shape index (κ1) is 25.0. The van der Waals surface area contributed by atoms with Gasteiger partial charge in [-0.3, -0.25) is 19.9 Å². The highest BCUT2D eigenvalue weighted by Gasteiger charge is 2.58. The van der Waals surface area contributed by atoms with E-state index in [-0.39, 0.29) is 66.8 Å². The zero-order valence-electron chi connectivity index (χ0n) is 21.6. The lowest BCUT2D eigenvalue weighted by Gasteiger charge is -2.37. The molecule has 196 valence electrons. The highest BCUT2D eigenvalue weighted by molar-refractivity contribution is 6.06. The van der Waals surface area contributed by atoms with E-state index >= 15 is 0 Å². The molecule has 2 aliphatic heterocycles. The number of ether oxygens (including phenoxy) is 1. The Morgan fingerprint density at radius 1 is 1.00 bits per heavy atom. The van der Waals surface area contributed by atoms with E-state index in [1.54, 1.807) is 24.3 Å². The number of carbonyl (C=O) groups excluding carboxylic acids is 4. The van der Waals surface area contributed by atoms with Crippen LogP contribution in [0.2, 0.25) is 0 Å². The number of likely N-dealkylation sites (tertiary alicyclic amines) is 1. The number of allylic oxidation sites excluding steroid dienone is 2. The molecule has 1 aromatic carbocycles. The molecule has 1 N–H and O–H groups in total. The largest absolute Gasteiger partial charge is 0.462 e. The summed E-state index contributed by atoms with van der Waals surface area (Å²) >= 11 is 0. The maximum Gasteiger partial charge on any atom is 0.359 e. The van der Waals surface area contributed by atoms with E-state index < -0.39 is 5.97 Å². The average Bonchev–Trinajstić information content (AvgIpc) is 3.56. The summed E-state index contributed by atoms with van der Waals surface area (Å²) in [5, 5.41) is 7.40. The molecule has 1 aromatic rings. The lowest BCUT2D eigenvalue weighted by Crippen LogP contribution is -2.59. The Balaban J connectivity index is 1.15. The van der Waals surface area contributed by atoms with Crippen molar-refractivity contribution in [2.24, 2.45) is 28.8 Å². The van der Waals surface area contributed by atoms with Crippen LogP contribution in [-0.2, 0) is 14.3 Å². The van der Waals surface area contributed by atoms with Gasteiger partial charge in [0.15, 0.2) is 5.84 Å². The van der Waals surface area contributed by atoms with Crippen LogP contribution >= 0.6 is 0 Å². The molecule has 5 rings (SSSR count). The summed E-state index contributed by atoms with van der Waals surface area (Å²) in [6, 6.07) is 6.38. The van der Waals surface area contributed by atoms with Crippen LogP contribution in [0.25, 0.3) is 0 Å². The van der Waals surface area contributed by atoms with Crippen molar-refractivity contribution in [2.45, 2.75) is 52.6 Å². The monoisotopic (exact) mass is 507 g/mol. The molecular weight excluding hydrogens is 474 g/mol. The van der Waals surface area contributed by atoms with Crippen molar-refractivity contribution in [1.82, 2.24) is 20.3 Å². The molecule has 1 saturated heterocycles. The molecule has 1 saturated carbocycles. The molecule has 0 aromatic heterocycles. The maximum absolute atomic E-state index is 12.8. The summed E-state index contributed by atoms with van der Waals surface area (Å²) in [7, 11) is 0. The zero-order chi connectivity index (χ0) is 26.4. The molecule has 4 amide bonds. The Morgan fingerprint density at radius 3 is 2.19 bits per heavy atom. The molecule has 4 atom stereocenters. The van der Waals surface area contributed by atoms with Gasteiger partial charge in [0.2, 0.25) is 11.8 Å². The van der Waals surface area contributed by atoms with E-state index in [4.69, 9.17) is 4.74 Å². The number of carbonyl (C=O) groups is 4. The zero-order valence-corrected chi connectivity index (χ0v) is 21.6. The predicted octanol–water partition coefficient (Wildman–Crippen LogP) is 2.76. The van der Waals surface area contributed by atoms with E-state index in [1.165, 1.54) is 14.9 Å². The van der Waals surface area contributed by atoms with Gasteiger partial charge in [0.1, 0.15) is 0 Å². The highest BCUT2D eigenvalue weighted by Crippen LogP contribution is 2.52. The number of amides is 4. The SMILES string of the molecule is CC(C)N1N=C(c2ccc(C(=O)OCCCN3C(=O)C4C5C=CC(C5)C4C3=O)cc2)NN(C(C)C)C1=O. The van der Waals surface area contributed by atoms with E-state index in [1.807, 2.05) is 27.7 Å². The minimum atomic E-state index is -0.480. The Kier molecular flexibility index (Phi) is 6.51. The molecule has 4 unspecified atom stereocenters. The number of hydrazine groups is 1. The number of hydrazone groups is 1. The van der Waals surface area contributed by atoms with Gasteiger partial charge in [0.05, 0.1) is 30.0 Å².